The van der Waals surface area contributed by atoms with Gasteiger partial charge >= 0.3 is 0 Å². The van der Waals surface area contributed by atoms with Gasteiger partial charge < -0.3 is 9.97 Å². The number of aromatic amines is 2. The summed E-state index contributed by atoms with van der Waals surface area (Å²) >= 11 is 0. The molecule has 2 N–H and O–H groups in total. The first kappa shape index (κ1) is 15.4. The van der Waals surface area contributed by atoms with Crippen LogP contribution in [0, 0.1) is 13.8 Å². The number of hydrogen-bond donors (Lipinski definition) is 2. The lowest BCUT2D eigenvalue weighted by molar-refractivity contribution is 1.05. The Hall–Kier alpha value is -3.14. The first-order valence-corrected chi connectivity index (χ1v) is 8.41. The predicted octanol–water partition coefficient (Wildman–Crippen LogP) is 4.67. The van der Waals surface area contributed by atoms with E-state index in [9.17, 15) is 0 Å². The molecule has 4 aromatic rings. The molecule has 0 atom stereocenters. The third-order valence-corrected chi connectivity index (χ3v) is 4.20. The Labute approximate surface area is 147 Å². The van der Waals surface area contributed by atoms with Crippen LogP contribution in [0.25, 0.3) is 22.8 Å². The van der Waals surface area contributed by atoms with Gasteiger partial charge in [-0.15, -0.1) is 0 Å². The summed E-state index contributed by atoms with van der Waals surface area (Å²) in [5.41, 5.74) is 8.40. The van der Waals surface area contributed by atoms with Crippen molar-refractivity contribution in [2.24, 2.45) is 0 Å². The smallest absolute Gasteiger partial charge is 0.0867 e. The molecule has 0 spiro atoms. The zero-order chi connectivity index (χ0) is 17.2. The molecule has 0 aliphatic rings. The molecule has 0 radical (unpaired) electrons. The van der Waals surface area contributed by atoms with Crippen LogP contribution in [-0.4, -0.2) is 19.9 Å². The van der Waals surface area contributed by atoms with Gasteiger partial charge in [0.2, 0.25) is 0 Å². The Kier molecular flexibility index (Phi) is 3.94. The number of nitrogens with one attached hydrogen (secondary N) is 2. The predicted molar refractivity (Wildman–Crippen MR) is 100 cm³/mol. The monoisotopic (exact) mass is 328 g/mol. The Morgan fingerprint density at radius 3 is 1.56 bits per heavy atom. The summed E-state index contributed by atoms with van der Waals surface area (Å²) in [7, 11) is 0. The van der Waals surface area contributed by atoms with Gasteiger partial charge in [0.05, 0.1) is 22.8 Å². The Morgan fingerprint density at radius 1 is 0.640 bits per heavy atom. The lowest BCUT2D eigenvalue weighted by atomic mass is 10.2. The maximum absolute atomic E-state index is 4.57. The molecule has 0 saturated carbocycles. The van der Waals surface area contributed by atoms with Crippen LogP contribution in [0.5, 0.6) is 0 Å². The first-order chi connectivity index (χ1) is 12.2. The van der Waals surface area contributed by atoms with Crippen LogP contribution in [0.1, 0.15) is 22.8 Å². The zero-order valence-corrected chi connectivity index (χ0v) is 14.4. The topological polar surface area (TPSA) is 57.4 Å². The summed E-state index contributed by atoms with van der Waals surface area (Å²) in [6.45, 7) is 4.01. The van der Waals surface area contributed by atoms with Gasteiger partial charge in [-0.2, -0.15) is 0 Å². The normalized spacial score (nSPS) is 11.0. The van der Waals surface area contributed by atoms with E-state index < -0.39 is 0 Å². The molecule has 0 aromatic carbocycles. The maximum Gasteiger partial charge on any atom is 0.0867 e. The van der Waals surface area contributed by atoms with Gasteiger partial charge in [-0.25, -0.2) is 0 Å². The second-order valence-electron chi connectivity index (χ2n) is 6.30. The molecule has 25 heavy (non-hydrogen) atoms. The molecular weight excluding hydrogens is 308 g/mol. The first-order valence-electron chi connectivity index (χ1n) is 8.41. The maximum atomic E-state index is 4.57. The minimum Gasteiger partial charge on any atom is -0.357 e. The molecule has 4 heteroatoms. The SMILES string of the molecule is Cc1cccc(-c2ccc(Cc3ccc(-c4cccc(C)n4)[nH]3)[nH]2)n1. The van der Waals surface area contributed by atoms with Crippen molar-refractivity contribution in [2.75, 3.05) is 0 Å². The minimum atomic E-state index is 0.817. The number of nitrogens with zero attached hydrogens (tertiary/aromatic N) is 2. The second-order valence-corrected chi connectivity index (χ2v) is 6.30. The van der Waals surface area contributed by atoms with Gasteiger partial charge in [-0.3, -0.25) is 9.97 Å². The fourth-order valence-corrected chi connectivity index (χ4v) is 2.98. The fourth-order valence-electron chi connectivity index (χ4n) is 2.98. The van der Waals surface area contributed by atoms with Crippen LogP contribution in [-0.2, 0) is 6.42 Å². The molecule has 124 valence electrons. The summed E-state index contributed by atoms with van der Waals surface area (Å²) < 4.78 is 0. The van der Waals surface area contributed by atoms with E-state index in [1.165, 1.54) is 0 Å². The van der Waals surface area contributed by atoms with Crippen LogP contribution < -0.4 is 0 Å². The molecule has 0 bridgehead atoms. The molecule has 0 unspecified atom stereocenters. The summed E-state index contributed by atoms with van der Waals surface area (Å²) in [5.74, 6) is 0. The molecule has 4 rings (SSSR count). The molecule has 0 amide bonds. The Morgan fingerprint density at radius 2 is 1.12 bits per heavy atom. The summed E-state index contributed by atoms with van der Waals surface area (Å²) in [4.78, 5) is 16.1. The van der Waals surface area contributed by atoms with E-state index in [0.29, 0.717) is 0 Å². The average molecular weight is 328 g/mol. The highest BCUT2D eigenvalue weighted by Gasteiger charge is 2.07. The number of rotatable bonds is 4. The lowest BCUT2D eigenvalue weighted by Gasteiger charge is -2.00. The molecule has 4 aromatic heterocycles. The number of pyridine rings is 2. The van der Waals surface area contributed by atoms with Crippen LogP contribution in [0.15, 0.2) is 60.7 Å². The molecular formula is C21H20N4. The molecule has 0 aliphatic heterocycles. The molecule has 0 saturated heterocycles. The zero-order valence-electron chi connectivity index (χ0n) is 14.4. The van der Waals surface area contributed by atoms with Gasteiger partial charge in [0.15, 0.2) is 0 Å². The van der Waals surface area contributed by atoms with E-state index >= 15 is 0 Å². The van der Waals surface area contributed by atoms with Crippen molar-refractivity contribution in [2.45, 2.75) is 20.3 Å². The standard InChI is InChI=1S/C21H20N4/c1-14-5-3-7-18(22-14)20-11-9-16(24-20)13-17-10-12-21(25-17)19-8-4-6-15(2)23-19/h3-12,24-25H,13H2,1-2H3. The van der Waals surface area contributed by atoms with E-state index in [-0.39, 0.29) is 0 Å². The van der Waals surface area contributed by atoms with Crippen LogP contribution in [0.3, 0.4) is 0 Å². The van der Waals surface area contributed by atoms with Crippen LogP contribution in [0.4, 0.5) is 0 Å². The second kappa shape index (κ2) is 6.40. The van der Waals surface area contributed by atoms with Crippen molar-refractivity contribution >= 4 is 0 Å². The highest BCUT2D eigenvalue weighted by molar-refractivity contribution is 5.57. The van der Waals surface area contributed by atoms with Gasteiger partial charge in [0.1, 0.15) is 0 Å². The highest BCUT2D eigenvalue weighted by Crippen LogP contribution is 2.20. The van der Waals surface area contributed by atoms with E-state index in [1.54, 1.807) is 0 Å². The van der Waals surface area contributed by atoms with Crippen LogP contribution >= 0.6 is 0 Å². The summed E-state index contributed by atoms with van der Waals surface area (Å²) in [6, 6.07) is 20.5. The van der Waals surface area contributed by atoms with Gasteiger partial charge in [0, 0.05) is 29.2 Å². The fraction of sp³-hybridized carbons (Fsp3) is 0.143. The van der Waals surface area contributed by atoms with Gasteiger partial charge in [-0.1, -0.05) is 12.1 Å². The van der Waals surface area contributed by atoms with Crippen molar-refractivity contribution in [1.29, 1.82) is 0 Å². The summed E-state index contributed by atoms with van der Waals surface area (Å²) in [6.07, 6.45) is 0.817. The summed E-state index contributed by atoms with van der Waals surface area (Å²) in [5, 5.41) is 0. The quantitative estimate of drug-likeness (QED) is 0.572. The minimum absolute atomic E-state index is 0.817. The Bertz CT molecular complexity index is 928. The lowest BCUT2D eigenvalue weighted by Crippen LogP contribution is -1.91. The average Bonchev–Trinajstić information content (AvgIpc) is 3.25. The Balaban J connectivity index is 1.54. The van der Waals surface area contributed by atoms with Gasteiger partial charge in [-0.05, 0) is 62.4 Å². The van der Waals surface area contributed by atoms with Crippen molar-refractivity contribution in [3.05, 3.63) is 83.4 Å². The van der Waals surface area contributed by atoms with Crippen molar-refractivity contribution in [3.63, 3.8) is 0 Å². The third kappa shape index (κ3) is 3.38. The largest absolute Gasteiger partial charge is 0.357 e. The number of H-pyrrole nitrogens is 2. The van der Waals surface area contributed by atoms with Crippen molar-refractivity contribution in [3.8, 4) is 22.8 Å². The highest BCUT2D eigenvalue weighted by atomic mass is 14.8. The molecule has 0 fully saturated rings. The van der Waals surface area contributed by atoms with Crippen LogP contribution in [0.2, 0.25) is 0 Å². The number of aromatic nitrogens is 4. The number of aryl methyl sites for hydroxylation is 2. The third-order valence-electron chi connectivity index (χ3n) is 4.20. The van der Waals surface area contributed by atoms with E-state index in [2.05, 4.69) is 44.2 Å². The van der Waals surface area contributed by atoms with E-state index in [4.69, 9.17) is 0 Å². The molecule has 0 aliphatic carbocycles. The van der Waals surface area contributed by atoms with Crippen molar-refractivity contribution in [1.82, 2.24) is 19.9 Å². The van der Waals surface area contributed by atoms with Crippen molar-refractivity contribution < 1.29 is 0 Å². The molecule has 4 heterocycles. The van der Waals surface area contributed by atoms with E-state index in [0.717, 1.165) is 52.0 Å². The van der Waals surface area contributed by atoms with E-state index in [1.807, 2.05) is 50.2 Å². The number of hydrogen-bond acceptors (Lipinski definition) is 2. The molecule has 4 nitrogen and oxygen atoms in total. The van der Waals surface area contributed by atoms with Gasteiger partial charge in [0.25, 0.3) is 0 Å².